The molecule has 3 heterocycles. The van der Waals surface area contributed by atoms with E-state index in [1.807, 2.05) is 36.4 Å². The van der Waals surface area contributed by atoms with Crippen molar-refractivity contribution in [2.24, 2.45) is 11.8 Å². The number of anilines is 2. The molecule has 2 bridgehead atoms. The zero-order valence-electron chi connectivity index (χ0n) is 19.7. The highest BCUT2D eigenvalue weighted by Crippen LogP contribution is 2.56. The summed E-state index contributed by atoms with van der Waals surface area (Å²) < 4.78 is 20.6. The van der Waals surface area contributed by atoms with Gasteiger partial charge >= 0.3 is 0 Å². The first-order chi connectivity index (χ1) is 18.0. The van der Waals surface area contributed by atoms with Crippen LogP contribution in [0.5, 0.6) is 0 Å². The summed E-state index contributed by atoms with van der Waals surface area (Å²) in [6, 6.07) is 23.2. The van der Waals surface area contributed by atoms with Gasteiger partial charge in [0.2, 0.25) is 17.7 Å². The predicted octanol–water partition coefficient (Wildman–Crippen LogP) is 3.44. The number of hydrogen-bond donors (Lipinski definition) is 2. The molecule has 1 spiro atoms. The normalized spacial score (nSPS) is 27.3. The van der Waals surface area contributed by atoms with Crippen molar-refractivity contribution in [2.45, 2.75) is 24.3 Å². The van der Waals surface area contributed by atoms with E-state index in [1.165, 1.54) is 23.1 Å². The molecule has 186 valence electrons. The molecule has 0 saturated carbocycles. The van der Waals surface area contributed by atoms with Gasteiger partial charge in [0.25, 0.3) is 0 Å². The minimum atomic E-state index is -1.32. The maximum Gasteiger partial charge on any atom is 0.246 e. The third-order valence-corrected chi connectivity index (χ3v) is 7.30. The Hall–Kier alpha value is -4.30. The second-order valence-corrected chi connectivity index (χ2v) is 9.42. The summed E-state index contributed by atoms with van der Waals surface area (Å²) in [5, 5.41) is 5.56. The van der Waals surface area contributed by atoms with Crippen molar-refractivity contribution in [1.82, 2.24) is 5.32 Å². The minimum Gasteiger partial charge on any atom is -0.359 e. The summed E-state index contributed by atoms with van der Waals surface area (Å²) in [6.45, 7) is 0.276. The van der Waals surface area contributed by atoms with Crippen LogP contribution in [0.2, 0.25) is 0 Å². The number of halogens is 1. The lowest BCUT2D eigenvalue weighted by Gasteiger charge is -2.32. The van der Waals surface area contributed by atoms with Gasteiger partial charge in [-0.3, -0.25) is 19.3 Å². The van der Waals surface area contributed by atoms with E-state index in [-0.39, 0.29) is 24.0 Å². The number of fused-ring (bicyclic) bond motifs is 1. The first kappa shape index (κ1) is 23.1. The molecule has 3 aromatic carbocycles. The number of carbonyl (C=O) groups excluding carboxylic acids is 3. The Morgan fingerprint density at radius 3 is 2.32 bits per heavy atom. The molecule has 3 aliphatic rings. The Kier molecular flexibility index (Phi) is 5.61. The molecular weight excluding hydrogens is 473 g/mol. The van der Waals surface area contributed by atoms with Crippen LogP contribution in [0.15, 0.2) is 97.1 Å². The maximum atomic E-state index is 14.3. The number of nitrogens with zero attached hydrogens (tertiary/aromatic N) is 1. The highest BCUT2D eigenvalue weighted by molar-refractivity contribution is 6.11. The van der Waals surface area contributed by atoms with Crippen LogP contribution in [-0.2, 0) is 25.7 Å². The molecule has 0 radical (unpaired) electrons. The second kappa shape index (κ2) is 8.97. The Balaban J connectivity index is 1.35. The Labute approximate surface area is 212 Å². The third kappa shape index (κ3) is 3.72. The average Bonchev–Trinajstić information content (AvgIpc) is 3.57. The standard InChI is InChI=1S/C29H24FN3O4/c30-20-13-7-8-14-21(20)32-26(34)23-22-15-16-29(37-22)24(23)28(36)33(19-11-5-2-6-12-19)25(29)27(35)31-17-18-9-3-1-4-10-18/h1-16,22-25H,17H2,(H,31,35)(H,32,34)/t22-,23-,24-,25-,29-/m1/s1. The molecule has 2 fully saturated rings. The molecule has 6 rings (SSSR count). The molecule has 3 aromatic rings. The Bertz CT molecular complexity index is 1400. The zero-order valence-corrected chi connectivity index (χ0v) is 19.7. The van der Waals surface area contributed by atoms with Crippen LogP contribution in [0, 0.1) is 17.7 Å². The molecular formula is C29H24FN3O4. The van der Waals surface area contributed by atoms with E-state index in [2.05, 4.69) is 10.6 Å². The second-order valence-electron chi connectivity index (χ2n) is 9.42. The summed E-state index contributed by atoms with van der Waals surface area (Å²) in [6.07, 6.45) is 2.76. The van der Waals surface area contributed by atoms with Gasteiger partial charge in [-0.05, 0) is 29.8 Å². The fourth-order valence-corrected chi connectivity index (χ4v) is 5.70. The summed E-state index contributed by atoms with van der Waals surface area (Å²) >= 11 is 0. The SMILES string of the molecule is O=C(Nc1ccccc1F)[C@@H]1[C@H]2C=C[C@@]3(O2)[C@H]1C(=O)N(c1ccccc1)[C@@H]3C(=O)NCc1ccccc1. The lowest BCUT2D eigenvalue weighted by molar-refractivity contribution is -0.128. The van der Waals surface area contributed by atoms with E-state index in [4.69, 9.17) is 4.74 Å². The quantitative estimate of drug-likeness (QED) is 0.511. The fourth-order valence-electron chi connectivity index (χ4n) is 5.70. The van der Waals surface area contributed by atoms with Gasteiger partial charge in [-0.15, -0.1) is 0 Å². The summed E-state index contributed by atoms with van der Waals surface area (Å²) in [5.41, 5.74) is 0.144. The number of amides is 3. The van der Waals surface area contributed by atoms with Crippen molar-refractivity contribution in [3.8, 4) is 0 Å². The summed E-state index contributed by atoms with van der Waals surface area (Å²) in [7, 11) is 0. The van der Waals surface area contributed by atoms with E-state index >= 15 is 0 Å². The molecule has 5 atom stereocenters. The topological polar surface area (TPSA) is 87.7 Å². The van der Waals surface area contributed by atoms with Crippen LogP contribution < -0.4 is 15.5 Å². The smallest absolute Gasteiger partial charge is 0.246 e. The summed E-state index contributed by atoms with van der Waals surface area (Å²) in [4.78, 5) is 42.5. The van der Waals surface area contributed by atoms with Gasteiger partial charge in [-0.2, -0.15) is 0 Å². The Morgan fingerprint density at radius 2 is 1.59 bits per heavy atom. The molecule has 0 unspecified atom stereocenters. The van der Waals surface area contributed by atoms with Crippen LogP contribution in [0.3, 0.4) is 0 Å². The van der Waals surface area contributed by atoms with E-state index in [0.29, 0.717) is 5.69 Å². The maximum absolute atomic E-state index is 14.3. The van der Waals surface area contributed by atoms with Crippen LogP contribution >= 0.6 is 0 Å². The van der Waals surface area contributed by atoms with Crippen LogP contribution in [0.4, 0.5) is 15.8 Å². The monoisotopic (exact) mass is 497 g/mol. The predicted molar refractivity (Wildman–Crippen MR) is 135 cm³/mol. The van der Waals surface area contributed by atoms with Gasteiger partial charge in [0, 0.05) is 12.2 Å². The number of carbonyl (C=O) groups is 3. The van der Waals surface area contributed by atoms with Crippen LogP contribution in [0.1, 0.15) is 5.56 Å². The lowest BCUT2D eigenvalue weighted by Crippen LogP contribution is -2.54. The zero-order chi connectivity index (χ0) is 25.6. The minimum absolute atomic E-state index is 0.0239. The van der Waals surface area contributed by atoms with E-state index in [9.17, 15) is 18.8 Å². The molecule has 0 aromatic heterocycles. The van der Waals surface area contributed by atoms with E-state index in [1.54, 1.807) is 42.5 Å². The molecule has 8 heteroatoms. The number of rotatable bonds is 6. The first-order valence-electron chi connectivity index (χ1n) is 12.1. The van der Waals surface area contributed by atoms with Crippen LogP contribution in [0.25, 0.3) is 0 Å². The molecule has 37 heavy (non-hydrogen) atoms. The van der Waals surface area contributed by atoms with Gasteiger partial charge in [-0.25, -0.2) is 4.39 Å². The van der Waals surface area contributed by atoms with Gasteiger partial charge in [0.15, 0.2) is 0 Å². The highest BCUT2D eigenvalue weighted by atomic mass is 19.1. The van der Waals surface area contributed by atoms with Crippen molar-refractivity contribution >= 4 is 29.1 Å². The van der Waals surface area contributed by atoms with Crippen molar-refractivity contribution < 1.29 is 23.5 Å². The third-order valence-electron chi connectivity index (χ3n) is 7.30. The van der Waals surface area contributed by atoms with Gasteiger partial charge in [0.1, 0.15) is 17.5 Å². The van der Waals surface area contributed by atoms with Crippen molar-refractivity contribution in [3.05, 3.63) is 108 Å². The van der Waals surface area contributed by atoms with Gasteiger partial charge in [-0.1, -0.05) is 72.8 Å². The van der Waals surface area contributed by atoms with Crippen molar-refractivity contribution in [3.63, 3.8) is 0 Å². The van der Waals surface area contributed by atoms with E-state index < -0.39 is 41.3 Å². The number of ether oxygens (including phenoxy) is 1. The van der Waals surface area contributed by atoms with Crippen molar-refractivity contribution in [2.75, 3.05) is 10.2 Å². The molecule has 7 nitrogen and oxygen atoms in total. The first-order valence-corrected chi connectivity index (χ1v) is 12.1. The fraction of sp³-hybridized carbons (Fsp3) is 0.207. The van der Waals surface area contributed by atoms with Gasteiger partial charge < -0.3 is 15.4 Å². The molecule has 3 aliphatic heterocycles. The molecule has 2 N–H and O–H groups in total. The largest absolute Gasteiger partial charge is 0.359 e. The highest BCUT2D eigenvalue weighted by Gasteiger charge is 2.73. The lowest BCUT2D eigenvalue weighted by atomic mass is 9.74. The Morgan fingerprint density at radius 1 is 0.919 bits per heavy atom. The van der Waals surface area contributed by atoms with E-state index in [0.717, 1.165) is 5.56 Å². The van der Waals surface area contributed by atoms with Gasteiger partial charge in [0.05, 0.1) is 23.6 Å². The van der Waals surface area contributed by atoms with Crippen molar-refractivity contribution in [1.29, 1.82) is 0 Å². The van der Waals surface area contributed by atoms with Crippen LogP contribution in [-0.4, -0.2) is 35.5 Å². The number of hydrogen-bond acceptors (Lipinski definition) is 4. The average molecular weight is 498 g/mol. The molecule has 2 saturated heterocycles. The molecule has 0 aliphatic carbocycles. The number of para-hydroxylation sites is 2. The number of benzene rings is 3. The molecule has 3 amide bonds. The number of nitrogens with one attached hydrogen (secondary N) is 2. The summed E-state index contributed by atoms with van der Waals surface area (Å²) in [5.74, 6) is -3.74.